The van der Waals surface area contributed by atoms with Crippen LogP contribution in [0.5, 0.6) is 17.2 Å². The van der Waals surface area contributed by atoms with E-state index >= 15 is 0 Å². The number of methoxy groups -OCH3 is 4. The Hall–Kier alpha value is -5.55. The van der Waals surface area contributed by atoms with Gasteiger partial charge in [0.2, 0.25) is 0 Å². The van der Waals surface area contributed by atoms with Crippen molar-refractivity contribution in [2.24, 2.45) is 0 Å². The minimum Gasteiger partial charge on any atom is -0.497 e. The molecule has 14 heteroatoms. The van der Waals surface area contributed by atoms with Crippen LogP contribution in [0.1, 0.15) is 38.2 Å². The van der Waals surface area contributed by atoms with Gasteiger partial charge in [-0.25, -0.2) is 9.78 Å². The van der Waals surface area contributed by atoms with E-state index in [1.165, 1.54) is 14.2 Å². The molecule has 56 heavy (non-hydrogen) atoms. The highest BCUT2D eigenvalue weighted by atomic mass is 35.5. The molecule has 4 heterocycles. The summed E-state index contributed by atoms with van der Waals surface area (Å²) in [6.45, 7) is 6.13. The predicted octanol–water partition coefficient (Wildman–Crippen LogP) is 7.56. The quantitative estimate of drug-likeness (QED) is 0.128. The highest BCUT2D eigenvalue weighted by molar-refractivity contribution is 6.34. The molecule has 0 bridgehead atoms. The number of nitrogens with one attached hydrogen (secondary N) is 1. The summed E-state index contributed by atoms with van der Waals surface area (Å²) < 4.78 is 30.7. The van der Waals surface area contributed by atoms with Crippen LogP contribution in [-0.4, -0.2) is 97.0 Å². The highest BCUT2D eigenvalue weighted by Crippen LogP contribution is 2.30. The molecule has 302 valence electrons. The van der Waals surface area contributed by atoms with Crippen LogP contribution < -0.4 is 29.6 Å². The maximum absolute atomic E-state index is 12.1. The SMILES string of the molecule is C.C.C.COC(=O)c1ccc(OC)cc1CC#N.COc1ccc2c(=O)[nH]c(N3CCOCC3)cc2c1.COc1ccc2c(Cl)nc(N3CCOCC3)cc2c1. The van der Waals surface area contributed by atoms with E-state index in [0.717, 1.165) is 78.7 Å². The van der Waals surface area contributed by atoms with Gasteiger partial charge in [-0.3, -0.25) is 4.79 Å². The standard InChI is InChI=1S/C14H15ClN2O2.C14H16N2O3.C11H11NO3.3CH4/c1-18-11-2-3-12-10(8-11)9-13(16-14(12)15)17-4-6-19-7-5-17;1-18-11-2-3-12-10(8-11)9-13(15-14(12)17)16-4-6-19-7-5-16;1-14-9-3-4-10(11(13)15-2)8(7-9)5-6-12;;;/h2-3,8-9H,4-7H2,1H3;2-3,8-9H,4-7H2,1H3,(H,15,17);3-4,7H,5H2,1-2H3;3*1H4. The van der Waals surface area contributed by atoms with Crippen LogP contribution in [0.3, 0.4) is 0 Å². The summed E-state index contributed by atoms with van der Waals surface area (Å²) in [6, 6.07) is 22.2. The maximum Gasteiger partial charge on any atom is 0.338 e. The number of nitrogens with zero attached hydrogens (tertiary/aromatic N) is 4. The third-order valence-corrected chi connectivity index (χ3v) is 8.98. The van der Waals surface area contributed by atoms with Crippen LogP contribution in [0.15, 0.2) is 71.5 Å². The number of H-pyrrole nitrogens is 1. The Labute approximate surface area is 334 Å². The summed E-state index contributed by atoms with van der Waals surface area (Å²) in [7, 11) is 6.12. The lowest BCUT2D eigenvalue weighted by molar-refractivity contribution is 0.0599. The number of carbonyl (C=O) groups excluding carboxylic acids is 1. The van der Waals surface area contributed by atoms with Gasteiger partial charge in [-0.05, 0) is 83.1 Å². The number of benzene rings is 3. The zero-order chi connectivity index (χ0) is 37.7. The Morgan fingerprint density at radius 2 is 1.29 bits per heavy atom. The molecule has 2 aliphatic heterocycles. The van der Waals surface area contributed by atoms with Gasteiger partial charge in [0.05, 0.1) is 72.9 Å². The van der Waals surface area contributed by atoms with Crippen molar-refractivity contribution in [2.75, 3.05) is 90.8 Å². The largest absolute Gasteiger partial charge is 0.497 e. The summed E-state index contributed by atoms with van der Waals surface area (Å²) >= 11 is 6.27. The molecule has 2 fully saturated rings. The third kappa shape index (κ3) is 11.7. The van der Waals surface area contributed by atoms with Crippen molar-refractivity contribution in [1.29, 1.82) is 5.26 Å². The van der Waals surface area contributed by atoms with Crippen molar-refractivity contribution < 1.29 is 33.2 Å². The van der Waals surface area contributed by atoms with Crippen molar-refractivity contribution in [3.8, 4) is 23.3 Å². The number of carbonyl (C=O) groups is 1. The third-order valence-electron chi connectivity index (χ3n) is 8.69. The number of aromatic nitrogens is 2. The van der Waals surface area contributed by atoms with Crippen molar-refractivity contribution in [3.63, 3.8) is 0 Å². The maximum atomic E-state index is 12.1. The van der Waals surface area contributed by atoms with Crippen molar-refractivity contribution >= 4 is 50.8 Å². The van der Waals surface area contributed by atoms with E-state index in [4.69, 9.17) is 40.5 Å². The molecule has 2 saturated heterocycles. The Balaban J connectivity index is 0.000000285. The minimum atomic E-state index is -0.442. The van der Waals surface area contributed by atoms with E-state index in [0.29, 0.717) is 40.6 Å². The van der Waals surface area contributed by atoms with Gasteiger partial charge in [-0.15, -0.1) is 0 Å². The van der Waals surface area contributed by atoms with Gasteiger partial charge in [-0.2, -0.15) is 5.26 Å². The fourth-order valence-electron chi connectivity index (χ4n) is 5.83. The van der Waals surface area contributed by atoms with Gasteiger partial charge < -0.3 is 43.2 Å². The molecule has 0 spiro atoms. The molecule has 0 aliphatic carbocycles. The molecule has 1 N–H and O–H groups in total. The molecule has 13 nitrogen and oxygen atoms in total. The van der Waals surface area contributed by atoms with Crippen molar-refractivity contribution in [1.82, 2.24) is 9.97 Å². The summed E-state index contributed by atoms with van der Waals surface area (Å²) in [4.78, 5) is 35.1. The first-order valence-corrected chi connectivity index (χ1v) is 17.3. The molecule has 0 atom stereocenters. The van der Waals surface area contributed by atoms with E-state index in [1.54, 1.807) is 44.6 Å². The second kappa shape index (κ2) is 22.7. The summed E-state index contributed by atoms with van der Waals surface area (Å²) in [6.07, 6.45) is 0.154. The van der Waals surface area contributed by atoms with E-state index in [1.807, 2.05) is 36.4 Å². The number of aromatic amines is 1. The highest BCUT2D eigenvalue weighted by Gasteiger charge is 2.16. The first-order valence-electron chi connectivity index (χ1n) is 16.9. The van der Waals surface area contributed by atoms with Crippen LogP contribution in [-0.2, 0) is 20.6 Å². The van der Waals surface area contributed by atoms with Crippen molar-refractivity contribution in [3.05, 3.63) is 93.4 Å². The van der Waals surface area contributed by atoms with E-state index in [-0.39, 0.29) is 34.3 Å². The first-order chi connectivity index (χ1) is 25.8. The Bertz CT molecular complexity index is 2130. The summed E-state index contributed by atoms with van der Waals surface area (Å²) in [5, 5.41) is 12.7. The molecule has 0 unspecified atom stereocenters. The van der Waals surface area contributed by atoms with Crippen molar-refractivity contribution in [2.45, 2.75) is 28.7 Å². The second-order valence-corrected chi connectivity index (χ2v) is 12.2. The number of ether oxygens (including phenoxy) is 6. The molecule has 5 aromatic rings. The van der Waals surface area contributed by atoms with E-state index in [2.05, 4.69) is 30.6 Å². The monoisotopic (exact) mass is 791 g/mol. The fourth-order valence-corrected chi connectivity index (χ4v) is 6.09. The Kier molecular flexibility index (Phi) is 18.9. The molecule has 0 radical (unpaired) electrons. The van der Waals surface area contributed by atoms with Gasteiger partial charge in [0, 0.05) is 37.0 Å². The number of halogens is 1. The summed E-state index contributed by atoms with van der Waals surface area (Å²) in [5.41, 5.74) is 0.949. The average molecular weight is 792 g/mol. The van der Waals surface area contributed by atoms with E-state index < -0.39 is 5.97 Å². The van der Waals surface area contributed by atoms with Crippen LogP contribution in [0.4, 0.5) is 11.6 Å². The van der Waals surface area contributed by atoms with Crippen LogP contribution >= 0.6 is 11.6 Å². The second-order valence-electron chi connectivity index (χ2n) is 11.8. The van der Waals surface area contributed by atoms with Crippen LogP contribution in [0.2, 0.25) is 5.15 Å². The topological polar surface area (TPSA) is 148 Å². The number of hydrogen-bond donors (Lipinski definition) is 1. The lowest BCUT2D eigenvalue weighted by Gasteiger charge is -2.28. The first kappa shape index (κ1) is 46.6. The average Bonchev–Trinajstić information content (AvgIpc) is 3.21. The lowest BCUT2D eigenvalue weighted by atomic mass is 10.0. The molecule has 0 amide bonds. The van der Waals surface area contributed by atoms with Gasteiger partial charge in [-0.1, -0.05) is 33.9 Å². The summed E-state index contributed by atoms with van der Waals surface area (Å²) in [5.74, 6) is 3.49. The number of fused-ring (bicyclic) bond motifs is 2. The molecule has 0 saturated carbocycles. The number of rotatable bonds is 7. The van der Waals surface area contributed by atoms with Gasteiger partial charge >= 0.3 is 5.97 Å². The number of morpholine rings is 2. The molecule has 2 aliphatic rings. The molecule has 7 rings (SSSR count). The number of nitriles is 1. The zero-order valence-electron chi connectivity index (χ0n) is 30.1. The Morgan fingerprint density at radius 3 is 1.84 bits per heavy atom. The van der Waals surface area contributed by atoms with Gasteiger partial charge in [0.25, 0.3) is 5.56 Å². The predicted molar refractivity (Wildman–Crippen MR) is 224 cm³/mol. The number of hydrogen-bond acceptors (Lipinski definition) is 12. The normalized spacial score (nSPS) is 13.1. The number of anilines is 2. The smallest absolute Gasteiger partial charge is 0.338 e. The van der Waals surface area contributed by atoms with E-state index in [9.17, 15) is 9.59 Å². The molecule has 3 aromatic carbocycles. The minimum absolute atomic E-state index is 0. The fraction of sp³-hybridized carbons (Fsp3) is 0.381. The Morgan fingerprint density at radius 1 is 0.768 bits per heavy atom. The molecular weight excluding hydrogens is 738 g/mol. The van der Waals surface area contributed by atoms with Crippen LogP contribution in [0, 0.1) is 11.3 Å². The van der Waals surface area contributed by atoms with Gasteiger partial charge in [0.1, 0.15) is 34.0 Å². The number of pyridine rings is 2. The lowest BCUT2D eigenvalue weighted by Crippen LogP contribution is -2.37. The molecular formula is C42H54ClN5O8. The van der Waals surface area contributed by atoms with Gasteiger partial charge in [0.15, 0.2) is 0 Å². The molecule has 2 aromatic heterocycles. The van der Waals surface area contributed by atoms with Crippen LogP contribution in [0.25, 0.3) is 21.5 Å². The number of esters is 1. The zero-order valence-corrected chi connectivity index (χ0v) is 30.9.